The normalized spacial score (nSPS) is 21.0. The zero-order chi connectivity index (χ0) is 19.5. The zero-order valence-corrected chi connectivity index (χ0v) is 16.8. The van der Waals surface area contributed by atoms with Crippen LogP contribution >= 0.6 is 11.6 Å². The van der Waals surface area contributed by atoms with Gasteiger partial charge in [-0.25, -0.2) is 9.78 Å². The number of H-pyrrole nitrogens is 1. The fourth-order valence-electron chi connectivity index (χ4n) is 4.63. The molecule has 5 heterocycles. The summed E-state index contributed by atoms with van der Waals surface area (Å²) >= 11 is 6.41. The largest absolute Gasteiger partial charge is 0.342 e. The van der Waals surface area contributed by atoms with Gasteiger partial charge in [-0.15, -0.1) is 0 Å². The third kappa shape index (κ3) is 2.53. The van der Waals surface area contributed by atoms with Crippen LogP contribution in [-0.2, 0) is 12.0 Å². The van der Waals surface area contributed by atoms with Crippen molar-refractivity contribution in [2.75, 3.05) is 19.6 Å². The minimum absolute atomic E-state index is 0.0101. The topological polar surface area (TPSA) is 78.8 Å². The van der Waals surface area contributed by atoms with Crippen molar-refractivity contribution in [3.8, 4) is 11.3 Å². The van der Waals surface area contributed by atoms with Crippen molar-refractivity contribution >= 4 is 28.7 Å². The molecule has 1 atom stereocenters. The van der Waals surface area contributed by atoms with Crippen molar-refractivity contribution in [2.45, 2.75) is 38.6 Å². The van der Waals surface area contributed by atoms with Crippen LogP contribution in [-0.4, -0.2) is 50.3 Å². The molecular formula is C20H23ClN6O. The molecule has 5 rings (SSSR count). The third-order valence-electron chi connectivity index (χ3n) is 6.15. The van der Waals surface area contributed by atoms with Gasteiger partial charge in [0.15, 0.2) is 0 Å². The Hall–Kier alpha value is -2.54. The Morgan fingerprint density at radius 3 is 3.00 bits per heavy atom. The van der Waals surface area contributed by atoms with Crippen molar-refractivity contribution < 1.29 is 4.79 Å². The molecule has 3 aromatic rings. The van der Waals surface area contributed by atoms with E-state index in [0.717, 1.165) is 60.5 Å². The number of hydrogen-bond acceptors (Lipinski definition) is 3. The first-order chi connectivity index (χ1) is 13.5. The summed E-state index contributed by atoms with van der Waals surface area (Å²) in [5.41, 5.74) is 4.83. The lowest BCUT2D eigenvalue weighted by Crippen LogP contribution is -2.40. The number of rotatable bonds is 2. The van der Waals surface area contributed by atoms with E-state index < -0.39 is 0 Å². The first-order valence-corrected chi connectivity index (χ1v) is 10.1. The molecule has 2 aliphatic heterocycles. The Labute approximate surface area is 168 Å². The number of hydrogen-bond donors (Lipinski definition) is 2. The van der Waals surface area contributed by atoms with Crippen molar-refractivity contribution in [1.82, 2.24) is 30.0 Å². The van der Waals surface area contributed by atoms with Crippen molar-refractivity contribution in [3.05, 3.63) is 34.7 Å². The highest BCUT2D eigenvalue weighted by atomic mass is 35.5. The smallest absolute Gasteiger partial charge is 0.317 e. The SMILES string of the molecule is CCNC(=O)N1CCC2(CCn3nc(-c4cnc5[nH]c(C)c(Cl)c5c4)cc32)C1. The third-order valence-corrected chi connectivity index (χ3v) is 6.64. The number of likely N-dealkylation sites (tertiary alicyclic amines) is 1. The van der Waals surface area contributed by atoms with E-state index in [-0.39, 0.29) is 11.4 Å². The Morgan fingerprint density at radius 2 is 2.18 bits per heavy atom. The van der Waals surface area contributed by atoms with E-state index in [2.05, 4.69) is 32.1 Å². The first-order valence-electron chi connectivity index (χ1n) is 9.76. The Morgan fingerprint density at radius 1 is 1.36 bits per heavy atom. The van der Waals surface area contributed by atoms with Gasteiger partial charge in [-0.1, -0.05) is 11.6 Å². The second-order valence-electron chi connectivity index (χ2n) is 7.86. The van der Waals surface area contributed by atoms with Gasteiger partial charge >= 0.3 is 6.03 Å². The highest BCUT2D eigenvalue weighted by Crippen LogP contribution is 2.44. The van der Waals surface area contributed by atoms with Crippen LogP contribution in [0.1, 0.15) is 31.2 Å². The van der Waals surface area contributed by atoms with E-state index in [1.54, 1.807) is 0 Å². The minimum atomic E-state index is 0.0101. The number of amides is 2. The minimum Gasteiger partial charge on any atom is -0.342 e. The van der Waals surface area contributed by atoms with Gasteiger partial charge in [0.05, 0.1) is 10.7 Å². The molecule has 0 saturated carbocycles. The summed E-state index contributed by atoms with van der Waals surface area (Å²) in [6.07, 6.45) is 3.86. The molecule has 0 bridgehead atoms. The lowest BCUT2D eigenvalue weighted by atomic mass is 9.82. The number of halogens is 1. The summed E-state index contributed by atoms with van der Waals surface area (Å²) in [6, 6.07) is 4.25. The maximum atomic E-state index is 12.3. The van der Waals surface area contributed by atoms with E-state index >= 15 is 0 Å². The molecule has 0 radical (unpaired) electrons. The van der Waals surface area contributed by atoms with Crippen molar-refractivity contribution in [3.63, 3.8) is 0 Å². The van der Waals surface area contributed by atoms with E-state index in [1.807, 2.05) is 24.9 Å². The summed E-state index contributed by atoms with van der Waals surface area (Å²) in [5, 5.41) is 9.38. The average Bonchev–Trinajstić information content (AvgIpc) is 3.43. The van der Waals surface area contributed by atoms with Crippen molar-refractivity contribution in [1.29, 1.82) is 0 Å². The molecule has 3 aromatic heterocycles. The number of aromatic nitrogens is 4. The fraction of sp³-hybridized carbons (Fsp3) is 0.450. The van der Waals surface area contributed by atoms with Crippen LogP contribution in [0.15, 0.2) is 18.3 Å². The average molecular weight is 399 g/mol. The number of carbonyl (C=O) groups is 1. The van der Waals surface area contributed by atoms with E-state index in [1.165, 1.54) is 5.69 Å². The molecule has 1 fully saturated rings. The first kappa shape index (κ1) is 17.6. The summed E-state index contributed by atoms with van der Waals surface area (Å²) in [7, 11) is 0. The maximum absolute atomic E-state index is 12.3. The molecule has 7 nitrogen and oxygen atoms in total. The predicted molar refractivity (Wildman–Crippen MR) is 109 cm³/mol. The summed E-state index contributed by atoms with van der Waals surface area (Å²) in [6.45, 7) is 6.98. The molecule has 2 N–H and O–H groups in total. The van der Waals surface area contributed by atoms with Gasteiger partial charge in [-0.05, 0) is 38.8 Å². The number of nitrogens with zero attached hydrogens (tertiary/aromatic N) is 4. The monoisotopic (exact) mass is 398 g/mol. The highest BCUT2D eigenvalue weighted by molar-refractivity contribution is 6.36. The highest BCUT2D eigenvalue weighted by Gasteiger charge is 2.46. The molecule has 1 spiro atoms. The predicted octanol–water partition coefficient (Wildman–Crippen LogP) is 3.46. The van der Waals surface area contributed by atoms with Crippen LogP contribution in [0.4, 0.5) is 4.79 Å². The van der Waals surface area contributed by atoms with Crippen LogP contribution in [0.25, 0.3) is 22.3 Å². The number of aryl methyl sites for hydroxylation is 2. The summed E-state index contributed by atoms with van der Waals surface area (Å²) < 4.78 is 2.10. The van der Waals surface area contributed by atoms with Gasteiger partial charge in [0.1, 0.15) is 5.65 Å². The quantitative estimate of drug-likeness (QED) is 0.693. The number of aromatic amines is 1. The number of urea groups is 1. The maximum Gasteiger partial charge on any atom is 0.317 e. The van der Waals surface area contributed by atoms with Crippen LogP contribution in [0.5, 0.6) is 0 Å². The fourth-order valence-corrected chi connectivity index (χ4v) is 4.82. The molecule has 1 unspecified atom stereocenters. The molecule has 146 valence electrons. The number of pyridine rings is 1. The van der Waals surface area contributed by atoms with Crippen LogP contribution in [0.2, 0.25) is 5.02 Å². The number of fused-ring (bicyclic) bond motifs is 3. The lowest BCUT2D eigenvalue weighted by Gasteiger charge is -2.23. The second kappa shape index (κ2) is 6.24. The van der Waals surface area contributed by atoms with Gasteiger partial charge < -0.3 is 15.2 Å². The van der Waals surface area contributed by atoms with Crippen LogP contribution in [0, 0.1) is 6.92 Å². The lowest BCUT2D eigenvalue weighted by molar-refractivity contribution is 0.206. The Bertz CT molecular complexity index is 1090. The van der Waals surface area contributed by atoms with Crippen LogP contribution < -0.4 is 5.32 Å². The van der Waals surface area contributed by atoms with Crippen LogP contribution in [0.3, 0.4) is 0 Å². The Balaban J connectivity index is 1.48. The van der Waals surface area contributed by atoms with Gasteiger partial charge in [-0.3, -0.25) is 4.68 Å². The molecule has 28 heavy (non-hydrogen) atoms. The van der Waals surface area contributed by atoms with E-state index in [9.17, 15) is 4.79 Å². The Kier molecular flexibility index (Phi) is 3.91. The molecule has 1 saturated heterocycles. The van der Waals surface area contributed by atoms with Gasteiger partial charge in [0.25, 0.3) is 0 Å². The number of nitrogens with one attached hydrogen (secondary N) is 2. The van der Waals surface area contributed by atoms with Gasteiger partial charge in [-0.2, -0.15) is 5.10 Å². The second-order valence-corrected chi connectivity index (χ2v) is 8.24. The molecular weight excluding hydrogens is 376 g/mol. The molecule has 0 aliphatic carbocycles. The molecule has 2 amide bonds. The summed E-state index contributed by atoms with van der Waals surface area (Å²) in [4.78, 5) is 21.9. The zero-order valence-electron chi connectivity index (χ0n) is 16.0. The van der Waals surface area contributed by atoms with E-state index in [4.69, 9.17) is 16.7 Å². The molecule has 0 aromatic carbocycles. The molecule has 8 heteroatoms. The van der Waals surface area contributed by atoms with Gasteiger partial charge in [0, 0.05) is 60.1 Å². The standard InChI is InChI=1S/C20H23ClN6O/c1-3-22-19(28)26-6-4-20(11-26)5-7-27-16(20)9-15(25-27)13-8-14-17(21)12(2)24-18(14)23-10-13/h8-10H,3-7,11H2,1-2H3,(H,22,28)(H,23,24). The summed E-state index contributed by atoms with van der Waals surface area (Å²) in [5.74, 6) is 0. The van der Waals surface area contributed by atoms with Gasteiger partial charge in [0.2, 0.25) is 0 Å². The molecule has 2 aliphatic rings. The number of carbonyl (C=O) groups excluding carboxylic acids is 1. The van der Waals surface area contributed by atoms with Crippen molar-refractivity contribution in [2.24, 2.45) is 0 Å². The van der Waals surface area contributed by atoms with E-state index in [0.29, 0.717) is 11.6 Å².